The molecular formula is C12H14ClF2NO5. The summed E-state index contributed by atoms with van der Waals surface area (Å²) < 4.78 is 34.2. The lowest BCUT2D eigenvalue weighted by atomic mass is 10.0. The van der Waals surface area contributed by atoms with Crippen molar-refractivity contribution in [1.82, 2.24) is 0 Å². The van der Waals surface area contributed by atoms with Crippen LogP contribution in [0.5, 0.6) is 5.75 Å². The minimum Gasteiger partial charge on any atom is -0.420 e. The molecular weight excluding hydrogens is 312 g/mol. The van der Waals surface area contributed by atoms with E-state index in [2.05, 4.69) is 21.7 Å². The number of hydrogen-bond acceptors (Lipinski definition) is 6. The Labute approximate surface area is 123 Å². The van der Waals surface area contributed by atoms with E-state index in [9.17, 15) is 24.1 Å². The van der Waals surface area contributed by atoms with Gasteiger partial charge in [-0.1, -0.05) is 0 Å². The van der Waals surface area contributed by atoms with Crippen LogP contribution in [0.25, 0.3) is 0 Å². The number of hydrogen-bond donors (Lipinski definition) is 4. The normalized spacial score (nSPS) is 30.0. The molecule has 4 atom stereocenters. The van der Waals surface area contributed by atoms with E-state index in [0.29, 0.717) is 5.69 Å². The highest BCUT2D eigenvalue weighted by molar-refractivity contribution is 6.20. The van der Waals surface area contributed by atoms with Crippen LogP contribution in [0.15, 0.2) is 24.3 Å². The first-order chi connectivity index (χ1) is 9.76. The van der Waals surface area contributed by atoms with E-state index in [1.54, 1.807) is 0 Å². The van der Waals surface area contributed by atoms with Crippen molar-refractivity contribution in [2.45, 2.75) is 30.1 Å². The minimum absolute atomic E-state index is 0.138. The number of halogens is 3. The third kappa shape index (κ3) is 4.39. The molecule has 9 heteroatoms. The zero-order valence-corrected chi connectivity index (χ0v) is 11.4. The fraction of sp³-hybridized carbons (Fsp3) is 0.500. The Hall–Kier alpha value is -1.19. The molecule has 1 heterocycles. The second-order valence-electron chi connectivity index (χ2n) is 4.52. The predicted octanol–water partition coefficient (Wildman–Crippen LogP) is 0.705. The average molecular weight is 326 g/mol. The molecule has 0 amide bonds. The number of benzene rings is 1. The molecule has 0 aliphatic carbocycles. The molecule has 4 unspecified atom stereocenters. The van der Waals surface area contributed by atoms with Gasteiger partial charge in [0, 0.05) is 17.3 Å². The van der Waals surface area contributed by atoms with Gasteiger partial charge in [-0.25, -0.2) is 0 Å². The Morgan fingerprint density at radius 1 is 1.19 bits per heavy atom. The van der Waals surface area contributed by atoms with Crippen LogP contribution in [0.3, 0.4) is 0 Å². The van der Waals surface area contributed by atoms with Crippen molar-refractivity contribution in [3.05, 3.63) is 24.3 Å². The summed E-state index contributed by atoms with van der Waals surface area (Å²) in [5.74, 6) is -0.138. The quantitative estimate of drug-likeness (QED) is 0.609. The molecule has 6 nitrogen and oxygen atoms in total. The molecule has 1 fully saturated rings. The molecule has 0 saturated carbocycles. The molecule has 0 bridgehead atoms. The van der Waals surface area contributed by atoms with Crippen molar-refractivity contribution < 1.29 is 33.6 Å². The van der Waals surface area contributed by atoms with Gasteiger partial charge in [-0.15, -0.1) is 8.78 Å². The Kier molecular flexibility index (Phi) is 4.84. The van der Waals surface area contributed by atoms with Crippen LogP contribution >= 0.6 is 11.6 Å². The van der Waals surface area contributed by atoms with Gasteiger partial charge in [0.2, 0.25) is 0 Å². The van der Waals surface area contributed by atoms with Gasteiger partial charge in [0.05, 0.1) is 6.61 Å². The third-order valence-corrected chi connectivity index (χ3v) is 2.97. The lowest BCUT2D eigenvalue weighted by Gasteiger charge is -2.35. The summed E-state index contributed by atoms with van der Waals surface area (Å²) in [5.41, 5.74) is -3.36. The summed E-state index contributed by atoms with van der Waals surface area (Å²) in [6.07, 6.45) is -4.78. The van der Waals surface area contributed by atoms with Crippen molar-refractivity contribution in [3.8, 4) is 5.75 Å². The van der Waals surface area contributed by atoms with Crippen LogP contribution in [0.4, 0.5) is 14.5 Å². The van der Waals surface area contributed by atoms with Crippen LogP contribution in [0, 0.1) is 0 Å². The molecule has 2 rings (SSSR count). The number of aliphatic hydroxyl groups excluding tert-OH is 3. The van der Waals surface area contributed by atoms with Crippen molar-refractivity contribution in [2.24, 2.45) is 0 Å². The summed E-state index contributed by atoms with van der Waals surface area (Å²) in [6, 6.07) is 5.31. The number of rotatable bonds is 4. The number of nitrogens with one attached hydrogen (secondary N) is 1. The smallest absolute Gasteiger partial charge is 0.420 e. The maximum absolute atomic E-state index is 12.4. The van der Waals surface area contributed by atoms with E-state index in [-0.39, 0.29) is 12.4 Å². The van der Waals surface area contributed by atoms with Crippen LogP contribution in [0.1, 0.15) is 0 Å². The standard InChI is InChI=1S/C12H14ClF2NO5/c13-12(14,15)21-7-3-1-6(2-4-7)16-11-10(19)9(18)8(17)5-20-11/h1-4,8-11,16-19H,5H2. The maximum atomic E-state index is 12.4. The van der Waals surface area contributed by atoms with E-state index in [0.717, 1.165) is 0 Å². The highest BCUT2D eigenvalue weighted by Crippen LogP contribution is 2.26. The first-order valence-corrected chi connectivity index (χ1v) is 6.42. The monoisotopic (exact) mass is 325 g/mol. The van der Waals surface area contributed by atoms with Gasteiger partial charge in [-0.3, -0.25) is 0 Å². The molecule has 21 heavy (non-hydrogen) atoms. The minimum atomic E-state index is -3.79. The lowest BCUT2D eigenvalue weighted by Crippen LogP contribution is -2.55. The topological polar surface area (TPSA) is 91.2 Å². The first kappa shape index (κ1) is 16.2. The molecule has 4 N–H and O–H groups in total. The van der Waals surface area contributed by atoms with E-state index in [1.165, 1.54) is 24.3 Å². The largest absolute Gasteiger partial charge is 0.487 e. The van der Waals surface area contributed by atoms with Gasteiger partial charge in [-0.2, -0.15) is 0 Å². The number of alkyl halides is 3. The summed E-state index contributed by atoms with van der Waals surface area (Å²) in [4.78, 5) is 0. The van der Waals surface area contributed by atoms with E-state index in [1.807, 2.05) is 0 Å². The predicted molar refractivity (Wildman–Crippen MR) is 69.3 cm³/mol. The molecule has 1 aliphatic heterocycles. The third-order valence-electron chi connectivity index (χ3n) is 2.90. The Morgan fingerprint density at radius 2 is 1.81 bits per heavy atom. The Balaban J connectivity index is 1.97. The van der Waals surface area contributed by atoms with Crippen LogP contribution in [0.2, 0.25) is 0 Å². The van der Waals surface area contributed by atoms with Gasteiger partial charge in [0.1, 0.15) is 24.1 Å². The highest BCUT2D eigenvalue weighted by Gasteiger charge is 2.37. The van der Waals surface area contributed by atoms with E-state index >= 15 is 0 Å². The molecule has 1 aromatic rings. The number of anilines is 1. The van der Waals surface area contributed by atoms with Gasteiger partial charge in [0.25, 0.3) is 0 Å². The van der Waals surface area contributed by atoms with Crippen LogP contribution < -0.4 is 10.1 Å². The van der Waals surface area contributed by atoms with Crippen molar-refractivity contribution in [2.75, 3.05) is 11.9 Å². The second-order valence-corrected chi connectivity index (χ2v) is 4.96. The summed E-state index contributed by atoms with van der Waals surface area (Å²) >= 11 is 4.64. The Morgan fingerprint density at radius 3 is 2.38 bits per heavy atom. The summed E-state index contributed by atoms with van der Waals surface area (Å²) in [6.45, 7) is -0.143. The van der Waals surface area contributed by atoms with Crippen molar-refractivity contribution in [1.29, 1.82) is 0 Å². The molecule has 0 spiro atoms. The second kappa shape index (κ2) is 6.29. The van der Waals surface area contributed by atoms with Crippen molar-refractivity contribution >= 4 is 17.3 Å². The van der Waals surface area contributed by atoms with E-state index in [4.69, 9.17) is 4.74 Å². The van der Waals surface area contributed by atoms with Crippen LogP contribution in [-0.4, -0.2) is 52.0 Å². The fourth-order valence-electron chi connectivity index (χ4n) is 1.85. The van der Waals surface area contributed by atoms with E-state index < -0.39 is 30.1 Å². The highest BCUT2D eigenvalue weighted by atomic mass is 35.5. The van der Waals surface area contributed by atoms with Gasteiger partial charge >= 0.3 is 5.57 Å². The molecule has 0 aromatic heterocycles. The molecule has 0 radical (unpaired) electrons. The zero-order chi connectivity index (χ0) is 15.6. The SMILES string of the molecule is OC1COC(Nc2ccc(OC(F)(F)Cl)cc2)C(O)C1O. The average Bonchev–Trinajstić information content (AvgIpc) is 2.40. The molecule has 1 saturated heterocycles. The lowest BCUT2D eigenvalue weighted by molar-refractivity contribution is -0.178. The Bertz CT molecular complexity index is 470. The van der Waals surface area contributed by atoms with Gasteiger partial charge in [-0.05, 0) is 24.3 Å². The van der Waals surface area contributed by atoms with Gasteiger partial charge < -0.3 is 30.1 Å². The number of aliphatic hydroxyl groups is 3. The van der Waals surface area contributed by atoms with Gasteiger partial charge in [0.15, 0.2) is 6.23 Å². The van der Waals surface area contributed by atoms with Crippen LogP contribution in [-0.2, 0) is 4.74 Å². The summed E-state index contributed by atoms with van der Waals surface area (Å²) in [7, 11) is 0. The molecule has 1 aliphatic rings. The summed E-state index contributed by atoms with van der Waals surface area (Å²) in [5, 5.41) is 31.3. The fourth-order valence-corrected chi connectivity index (χ4v) is 1.94. The molecule has 1 aromatic carbocycles. The zero-order valence-electron chi connectivity index (χ0n) is 10.6. The maximum Gasteiger partial charge on any atom is 0.487 e. The molecule has 118 valence electrons. The number of ether oxygens (including phenoxy) is 2. The first-order valence-electron chi connectivity index (χ1n) is 6.04. The van der Waals surface area contributed by atoms with Crippen molar-refractivity contribution in [3.63, 3.8) is 0 Å².